The minimum atomic E-state index is -0.352. The molecule has 3 rings (SSSR count). The molecule has 0 unspecified atom stereocenters. The fourth-order valence-corrected chi connectivity index (χ4v) is 2.13. The SMILES string of the molecule is O=C(/C=C/c1ccc(C(=O)NC2CC2)cc1)Nc1ccc(F)cc1. The lowest BCUT2D eigenvalue weighted by molar-refractivity contribution is -0.111. The summed E-state index contributed by atoms with van der Waals surface area (Å²) in [6.45, 7) is 0. The van der Waals surface area contributed by atoms with E-state index in [-0.39, 0.29) is 17.6 Å². The maximum atomic E-state index is 12.8. The molecular formula is C19H17FN2O2. The average Bonchev–Trinajstić information content (AvgIpc) is 3.39. The first kappa shape index (κ1) is 15.9. The number of nitrogens with one attached hydrogen (secondary N) is 2. The van der Waals surface area contributed by atoms with Gasteiger partial charge in [0, 0.05) is 23.4 Å². The zero-order valence-corrected chi connectivity index (χ0v) is 13.0. The largest absolute Gasteiger partial charge is 0.349 e. The van der Waals surface area contributed by atoms with E-state index in [9.17, 15) is 14.0 Å². The van der Waals surface area contributed by atoms with Gasteiger partial charge in [0.1, 0.15) is 5.82 Å². The molecule has 0 radical (unpaired) electrons. The van der Waals surface area contributed by atoms with Crippen LogP contribution in [0.25, 0.3) is 6.08 Å². The Hall–Kier alpha value is -2.95. The topological polar surface area (TPSA) is 58.2 Å². The summed E-state index contributed by atoms with van der Waals surface area (Å²) in [6.07, 6.45) is 5.15. The number of hydrogen-bond donors (Lipinski definition) is 2. The van der Waals surface area contributed by atoms with Crippen molar-refractivity contribution in [3.8, 4) is 0 Å². The summed E-state index contributed by atoms with van der Waals surface area (Å²) in [5.74, 6) is -0.728. The third kappa shape index (κ3) is 4.52. The Kier molecular flexibility index (Phi) is 4.70. The summed E-state index contributed by atoms with van der Waals surface area (Å²) in [7, 11) is 0. The van der Waals surface area contributed by atoms with E-state index >= 15 is 0 Å². The highest BCUT2D eigenvalue weighted by molar-refractivity contribution is 6.02. The maximum Gasteiger partial charge on any atom is 0.251 e. The molecule has 24 heavy (non-hydrogen) atoms. The number of hydrogen-bond acceptors (Lipinski definition) is 2. The van der Waals surface area contributed by atoms with Crippen molar-refractivity contribution in [2.75, 3.05) is 5.32 Å². The van der Waals surface area contributed by atoms with Gasteiger partial charge in [-0.2, -0.15) is 0 Å². The number of rotatable bonds is 5. The molecule has 4 nitrogen and oxygen atoms in total. The molecule has 0 aromatic heterocycles. The van der Waals surface area contributed by atoms with Gasteiger partial charge >= 0.3 is 0 Å². The molecule has 122 valence electrons. The van der Waals surface area contributed by atoms with Gasteiger partial charge in [0.2, 0.25) is 5.91 Å². The number of anilines is 1. The van der Waals surface area contributed by atoms with Crippen LogP contribution in [-0.2, 0) is 4.79 Å². The second-order valence-electron chi connectivity index (χ2n) is 5.70. The van der Waals surface area contributed by atoms with E-state index < -0.39 is 0 Å². The first-order valence-electron chi connectivity index (χ1n) is 7.76. The summed E-state index contributed by atoms with van der Waals surface area (Å²) in [5, 5.41) is 5.56. The van der Waals surface area contributed by atoms with Crippen LogP contribution in [0.3, 0.4) is 0 Å². The van der Waals surface area contributed by atoms with Crippen molar-refractivity contribution in [1.29, 1.82) is 0 Å². The van der Waals surface area contributed by atoms with E-state index in [1.165, 1.54) is 30.3 Å². The Balaban J connectivity index is 1.56. The fourth-order valence-electron chi connectivity index (χ4n) is 2.13. The number of carbonyl (C=O) groups excluding carboxylic acids is 2. The second-order valence-corrected chi connectivity index (χ2v) is 5.70. The highest BCUT2D eigenvalue weighted by Gasteiger charge is 2.23. The van der Waals surface area contributed by atoms with Crippen molar-refractivity contribution >= 4 is 23.6 Å². The van der Waals surface area contributed by atoms with E-state index in [1.54, 1.807) is 30.3 Å². The van der Waals surface area contributed by atoms with Gasteiger partial charge in [-0.25, -0.2) is 4.39 Å². The van der Waals surface area contributed by atoms with Crippen LogP contribution >= 0.6 is 0 Å². The zero-order chi connectivity index (χ0) is 16.9. The molecule has 1 aliphatic rings. The molecule has 0 spiro atoms. The molecule has 1 saturated carbocycles. The van der Waals surface area contributed by atoms with Crippen molar-refractivity contribution < 1.29 is 14.0 Å². The first-order chi connectivity index (χ1) is 11.6. The van der Waals surface area contributed by atoms with Gasteiger partial charge in [0.15, 0.2) is 0 Å². The molecule has 2 N–H and O–H groups in total. The van der Waals surface area contributed by atoms with Gasteiger partial charge in [-0.15, -0.1) is 0 Å². The van der Waals surface area contributed by atoms with Crippen molar-refractivity contribution in [2.24, 2.45) is 0 Å². The minimum Gasteiger partial charge on any atom is -0.349 e. The fraction of sp³-hybridized carbons (Fsp3) is 0.158. The number of amides is 2. The summed E-state index contributed by atoms with van der Waals surface area (Å²) < 4.78 is 12.8. The van der Waals surface area contributed by atoms with Crippen LogP contribution in [0.4, 0.5) is 10.1 Å². The smallest absolute Gasteiger partial charge is 0.251 e. The Morgan fingerprint density at radius 1 is 1.00 bits per heavy atom. The molecule has 0 saturated heterocycles. The van der Waals surface area contributed by atoms with Crippen LogP contribution in [0.1, 0.15) is 28.8 Å². The molecule has 0 bridgehead atoms. The van der Waals surface area contributed by atoms with Crippen LogP contribution in [0, 0.1) is 5.82 Å². The third-order valence-corrected chi connectivity index (χ3v) is 3.62. The molecule has 2 aromatic rings. The van der Waals surface area contributed by atoms with Crippen molar-refractivity contribution in [3.63, 3.8) is 0 Å². The normalized spacial score (nSPS) is 13.7. The van der Waals surface area contributed by atoms with Crippen LogP contribution in [0.15, 0.2) is 54.6 Å². The van der Waals surface area contributed by atoms with Gasteiger partial charge in [0.05, 0.1) is 0 Å². The Morgan fingerprint density at radius 3 is 2.29 bits per heavy atom. The monoisotopic (exact) mass is 324 g/mol. The molecule has 0 heterocycles. The lowest BCUT2D eigenvalue weighted by atomic mass is 10.1. The Bertz CT molecular complexity index is 763. The summed E-state index contributed by atoms with van der Waals surface area (Å²) in [5.41, 5.74) is 1.94. The van der Waals surface area contributed by atoms with Gasteiger partial charge in [-0.1, -0.05) is 12.1 Å². The lowest BCUT2D eigenvalue weighted by Gasteiger charge is -2.03. The highest BCUT2D eigenvalue weighted by Crippen LogP contribution is 2.19. The lowest BCUT2D eigenvalue weighted by Crippen LogP contribution is -2.25. The standard InChI is InChI=1S/C19H17FN2O2/c20-15-6-8-16(9-7-15)21-18(23)12-3-13-1-4-14(5-2-13)19(24)22-17-10-11-17/h1-9,12,17H,10-11H2,(H,21,23)(H,22,24)/b12-3+. The minimum absolute atomic E-state index is 0.0675. The molecular weight excluding hydrogens is 307 g/mol. The Morgan fingerprint density at radius 2 is 1.67 bits per heavy atom. The number of benzene rings is 2. The van der Waals surface area contributed by atoms with Gasteiger partial charge in [-0.3, -0.25) is 9.59 Å². The summed E-state index contributed by atoms with van der Waals surface area (Å²) in [4.78, 5) is 23.7. The van der Waals surface area contributed by atoms with E-state index in [0.29, 0.717) is 17.3 Å². The van der Waals surface area contributed by atoms with Gasteiger partial charge in [-0.05, 0) is 60.9 Å². The van der Waals surface area contributed by atoms with E-state index in [2.05, 4.69) is 10.6 Å². The van der Waals surface area contributed by atoms with Gasteiger partial charge in [0.25, 0.3) is 5.91 Å². The molecule has 5 heteroatoms. The van der Waals surface area contributed by atoms with Crippen LogP contribution < -0.4 is 10.6 Å². The molecule has 1 fully saturated rings. The van der Waals surface area contributed by atoms with Crippen LogP contribution in [0.2, 0.25) is 0 Å². The van der Waals surface area contributed by atoms with E-state index in [4.69, 9.17) is 0 Å². The zero-order valence-electron chi connectivity index (χ0n) is 13.0. The average molecular weight is 324 g/mol. The van der Waals surface area contributed by atoms with Crippen LogP contribution in [0.5, 0.6) is 0 Å². The molecule has 0 atom stereocenters. The maximum absolute atomic E-state index is 12.8. The predicted octanol–water partition coefficient (Wildman–Crippen LogP) is 3.37. The first-order valence-corrected chi connectivity index (χ1v) is 7.76. The van der Waals surface area contributed by atoms with E-state index in [0.717, 1.165) is 18.4 Å². The molecule has 2 aromatic carbocycles. The summed E-state index contributed by atoms with van der Waals surface area (Å²) >= 11 is 0. The summed E-state index contributed by atoms with van der Waals surface area (Å²) in [6, 6.07) is 12.9. The van der Waals surface area contributed by atoms with Gasteiger partial charge < -0.3 is 10.6 Å². The molecule has 1 aliphatic carbocycles. The Labute approximate surface area is 139 Å². The quantitative estimate of drug-likeness (QED) is 0.829. The second kappa shape index (κ2) is 7.08. The van der Waals surface area contributed by atoms with Crippen LogP contribution in [-0.4, -0.2) is 17.9 Å². The van der Waals surface area contributed by atoms with Crippen molar-refractivity contribution in [1.82, 2.24) is 5.32 Å². The van der Waals surface area contributed by atoms with Crippen molar-refractivity contribution in [3.05, 3.63) is 71.6 Å². The predicted molar refractivity (Wildman–Crippen MR) is 91.0 cm³/mol. The third-order valence-electron chi connectivity index (χ3n) is 3.62. The molecule has 0 aliphatic heterocycles. The molecule has 2 amide bonds. The highest BCUT2D eigenvalue weighted by atomic mass is 19.1. The number of carbonyl (C=O) groups is 2. The van der Waals surface area contributed by atoms with Crippen molar-refractivity contribution in [2.45, 2.75) is 18.9 Å². The van der Waals surface area contributed by atoms with E-state index in [1.807, 2.05) is 0 Å². The number of halogens is 1.